The normalized spacial score (nSPS) is 13.9. The number of alkyl halides is 1. The number of fused-ring (bicyclic) bond motifs is 1. The molecule has 82 valence electrons. The molecular weight excluding hydrogens is 210 g/mol. The highest BCUT2D eigenvalue weighted by Crippen LogP contribution is 2.24. The molecule has 3 nitrogen and oxygen atoms in total. The molecule has 1 heterocycles. The number of nitrogens with one attached hydrogen (secondary N) is 1. The van der Waals surface area contributed by atoms with Crippen molar-refractivity contribution in [1.82, 2.24) is 9.97 Å². The average molecular weight is 226 g/mol. The van der Waals surface area contributed by atoms with Gasteiger partial charge in [0.25, 0.3) is 0 Å². The molecule has 0 unspecified atom stereocenters. The zero-order valence-corrected chi connectivity index (χ0v) is 9.56. The van der Waals surface area contributed by atoms with Gasteiger partial charge in [-0.2, -0.15) is 0 Å². The Kier molecular flexibility index (Phi) is 3.78. The molecule has 0 amide bonds. The minimum Gasteiger partial charge on any atom is -0.370 e. The van der Waals surface area contributed by atoms with Crippen LogP contribution in [0, 0.1) is 0 Å². The van der Waals surface area contributed by atoms with E-state index < -0.39 is 0 Å². The van der Waals surface area contributed by atoms with Crippen LogP contribution in [0.15, 0.2) is 6.33 Å². The van der Waals surface area contributed by atoms with E-state index in [9.17, 15) is 0 Å². The summed E-state index contributed by atoms with van der Waals surface area (Å²) in [6.07, 6.45) is 7.25. The number of aryl methyl sites for hydroxylation is 1. The van der Waals surface area contributed by atoms with Crippen LogP contribution in [0.3, 0.4) is 0 Å². The number of halogens is 1. The number of unbranched alkanes of at least 4 members (excludes halogenated alkanes) is 1. The first-order valence-electron chi connectivity index (χ1n) is 5.54. The van der Waals surface area contributed by atoms with Gasteiger partial charge in [0.15, 0.2) is 0 Å². The lowest BCUT2D eigenvalue weighted by molar-refractivity contribution is 0.832. The van der Waals surface area contributed by atoms with Gasteiger partial charge in [0.1, 0.15) is 12.1 Å². The minimum absolute atomic E-state index is 0.740. The largest absolute Gasteiger partial charge is 0.370 e. The summed E-state index contributed by atoms with van der Waals surface area (Å²) in [5.74, 6) is 1.77. The van der Waals surface area contributed by atoms with Crippen LogP contribution in [0.1, 0.15) is 30.5 Å². The molecular formula is C11H16ClN3. The SMILES string of the molecule is ClCCCCNc1ncnc2c1CCC2. The monoisotopic (exact) mass is 225 g/mol. The van der Waals surface area contributed by atoms with Crippen LogP contribution in [-0.4, -0.2) is 22.4 Å². The number of aromatic nitrogens is 2. The number of hydrogen-bond donors (Lipinski definition) is 1. The highest BCUT2D eigenvalue weighted by atomic mass is 35.5. The molecule has 0 fully saturated rings. The summed E-state index contributed by atoms with van der Waals surface area (Å²) < 4.78 is 0. The third-order valence-electron chi connectivity index (χ3n) is 2.73. The molecule has 0 bridgehead atoms. The van der Waals surface area contributed by atoms with E-state index in [0.29, 0.717) is 0 Å². The van der Waals surface area contributed by atoms with Gasteiger partial charge in [0, 0.05) is 23.7 Å². The molecule has 1 aliphatic rings. The van der Waals surface area contributed by atoms with Crippen molar-refractivity contribution in [3.8, 4) is 0 Å². The number of nitrogens with zero attached hydrogens (tertiary/aromatic N) is 2. The Balaban J connectivity index is 1.94. The van der Waals surface area contributed by atoms with Crippen molar-refractivity contribution in [1.29, 1.82) is 0 Å². The Morgan fingerprint density at radius 1 is 1.27 bits per heavy atom. The van der Waals surface area contributed by atoms with Crippen LogP contribution >= 0.6 is 11.6 Å². The molecule has 0 aliphatic heterocycles. The van der Waals surface area contributed by atoms with Crippen molar-refractivity contribution in [3.05, 3.63) is 17.6 Å². The minimum atomic E-state index is 0.740. The standard InChI is InChI=1S/C11H16ClN3/c12-6-1-2-7-13-11-9-4-3-5-10(9)14-8-15-11/h8H,1-7H2,(H,13,14,15). The summed E-state index contributed by atoms with van der Waals surface area (Å²) >= 11 is 5.62. The van der Waals surface area contributed by atoms with E-state index in [2.05, 4.69) is 15.3 Å². The third-order valence-corrected chi connectivity index (χ3v) is 3.00. The number of anilines is 1. The van der Waals surface area contributed by atoms with E-state index >= 15 is 0 Å². The summed E-state index contributed by atoms with van der Waals surface area (Å²) in [5, 5.41) is 3.37. The maximum atomic E-state index is 5.62. The first-order chi connectivity index (χ1) is 7.42. The first kappa shape index (κ1) is 10.7. The maximum absolute atomic E-state index is 5.62. The second-order valence-corrected chi connectivity index (χ2v) is 4.20. The van der Waals surface area contributed by atoms with Gasteiger partial charge in [0.2, 0.25) is 0 Å². The fourth-order valence-electron chi connectivity index (χ4n) is 1.94. The average Bonchev–Trinajstić information content (AvgIpc) is 2.73. The van der Waals surface area contributed by atoms with Crippen molar-refractivity contribution in [2.24, 2.45) is 0 Å². The van der Waals surface area contributed by atoms with Gasteiger partial charge in [-0.05, 0) is 32.1 Å². The van der Waals surface area contributed by atoms with Gasteiger partial charge in [-0.3, -0.25) is 0 Å². The summed E-state index contributed by atoms with van der Waals surface area (Å²) in [6.45, 7) is 0.955. The lowest BCUT2D eigenvalue weighted by atomic mass is 10.2. The van der Waals surface area contributed by atoms with Crippen LogP contribution in [-0.2, 0) is 12.8 Å². The quantitative estimate of drug-likeness (QED) is 0.618. The van der Waals surface area contributed by atoms with Crippen molar-refractivity contribution >= 4 is 17.4 Å². The predicted molar refractivity (Wildman–Crippen MR) is 62.5 cm³/mol. The Morgan fingerprint density at radius 2 is 2.20 bits per heavy atom. The second-order valence-electron chi connectivity index (χ2n) is 3.82. The topological polar surface area (TPSA) is 37.8 Å². The molecule has 1 aliphatic carbocycles. The van der Waals surface area contributed by atoms with Crippen molar-refractivity contribution in [2.45, 2.75) is 32.1 Å². The van der Waals surface area contributed by atoms with E-state index in [-0.39, 0.29) is 0 Å². The van der Waals surface area contributed by atoms with E-state index in [4.69, 9.17) is 11.6 Å². The zero-order chi connectivity index (χ0) is 10.5. The van der Waals surface area contributed by atoms with Crippen LogP contribution in [0.4, 0.5) is 5.82 Å². The Bertz CT molecular complexity index is 328. The fraction of sp³-hybridized carbons (Fsp3) is 0.636. The van der Waals surface area contributed by atoms with Gasteiger partial charge in [-0.25, -0.2) is 9.97 Å². The maximum Gasteiger partial charge on any atom is 0.132 e. The van der Waals surface area contributed by atoms with Gasteiger partial charge in [-0.15, -0.1) is 11.6 Å². The summed E-state index contributed by atoms with van der Waals surface area (Å²) in [7, 11) is 0. The van der Waals surface area contributed by atoms with Crippen molar-refractivity contribution in [2.75, 3.05) is 17.7 Å². The smallest absolute Gasteiger partial charge is 0.132 e. The molecule has 0 aromatic carbocycles. The highest BCUT2D eigenvalue weighted by molar-refractivity contribution is 6.17. The summed E-state index contributed by atoms with van der Waals surface area (Å²) in [4.78, 5) is 8.58. The van der Waals surface area contributed by atoms with Crippen molar-refractivity contribution in [3.63, 3.8) is 0 Å². The highest BCUT2D eigenvalue weighted by Gasteiger charge is 2.16. The van der Waals surface area contributed by atoms with Gasteiger partial charge < -0.3 is 5.32 Å². The molecule has 0 atom stereocenters. The number of rotatable bonds is 5. The van der Waals surface area contributed by atoms with Gasteiger partial charge in [-0.1, -0.05) is 0 Å². The van der Waals surface area contributed by atoms with Crippen LogP contribution < -0.4 is 5.32 Å². The van der Waals surface area contributed by atoms with E-state index in [1.165, 1.54) is 17.7 Å². The molecule has 0 saturated heterocycles. The lowest BCUT2D eigenvalue weighted by Crippen LogP contribution is -2.07. The van der Waals surface area contributed by atoms with E-state index in [0.717, 1.165) is 43.9 Å². The molecule has 1 aromatic rings. The predicted octanol–water partition coefficient (Wildman–Crippen LogP) is 2.40. The molecule has 0 saturated carbocycles. The fourth-order valence-corrected chi connectivity index (χ4v) is 2.13. The van der Waals surface area contributed by atoms with Crippen LogP contribution in [0.5, 0.6) is 0 Å². The molecule has 4 heteroatoms. The molecule has 15 heavy (non-hydrogen) atoms. The molecule has 2 rings (SSSR count). The Hall–Kier alpha value is -0.830. The van der Waals surface area contributed by atoms with Crippen LogP contribution in [0.25, 0.3) is 0 Å². The van der Waals surface area contributed by atoms with Gasteiger partial charge in [0.05, 0.1) is 0 Å². The molecule has 1 aromatic heterocycles. The third kappa shape index (κ3) is 2.59. The summed E-state index contributed by atoms with van der Waals surface area (Å²) in [6, 6.07) is 0. The molecule has 1 N–H and O–H groups in total. The van der Waals surface area contributed by atoms with E-state index in [1.807, 2.05) is 0 Å². The molecule has 0 spiro atoms. The van der Waals surface area contributed by atoms with Gasteiger partial charge >= 0.3 is 0 Å². The second kappa shape index (κ2) is 5.31. The van der Waals surface area contributed by atoms with Crippen LogP contribution in [0.2, 0.25) is 0 Å². The lowest BCUT2D eigenvalue weighted by Gasteiger charge is -2.08. The first-order valence-corrected chi connectivity index (χ1v) is 6.08. The summed E-state index contributed by atoms with van der Waals surface area (Å²) in [5.41, 5.74) is 2.55. The zero-order valence-electron chi connectivity index (χ0n) is 8.80. The van der Waals surface area contributed by atoms with Crippen molar-refractivity contribution < 1.29 is 0 Å². The van der Waals surface area contributed by atoms with E-state index in [1.54, 1.807) is 6.33 Å². The Labute approximate surface area is 95.3 Å². The Morgan fingerprint density at radius 3 is 3.07 bits per heavy atom. The number of hydrogen-bond acceptors (Lipinski definition) is 3. The molecule has 0 radical (unpaired) electrons.